The smallest absolute Gasteiger partial charge is 0.253 e. The van der Waals surface area contributed by atoms with E-state index in [1.807, 2.05) is 18.2 Å². The van der Waals surface area contributed by atoms with Crippen LogP contribution >= 0.6 is 0 Å². The highest BCUT2D eigenvalue weighted by atomic mass is 16.5. The number of aliphatic hydroxyl groups is 1. The normalized spacial score (nSPS) is 18.1. The highest BCUT2D eigenvalue weighted by Crippen LogP contribution is 2.27. The van der Waals surface area contributed by atoms with Gasteiger partial charge in [-0.1, -0.05) is 0 Å². The SMILES string of the molecule is COCCn1c(C)c(C)c2cc(C(=O)N3CC[C@H](O)C3)ccc21. The summed E-state index contributed by atoms with van der Waals surface area (Å²) >= 11 is 0. The van der Waals surface area contributed by atoms with Gasteiger partial charge in [-0.25, -0.2) is 0 Å². The van der Waals surface area contributed by atoms with Crippen LogP contribution in [-0.2, 0) is 11.3 Å². The van der Waals surface area contributed by atoms with Crippen LogP contribution in [0.3, 0.4) is 0 Å². The minimum absolute atomic E-state index is 0.00476. The van der Waals surface area contributed by atoms with E-state index in [4.69, 9.17) is 4.74 Å². The number of rotatable bonds is 4. The van der Waals surface area contributed by atoms with Gasteiger partial charge in [0.05, 0.1) is 12.7 Å². The van der Waals surface area contributed by atoms with Crippen LogP contribution in [0.25, 0.3) is 10.9 Å². The maximum Gasteiger partial charge on any atom is 0.253 e. The Hall–Kier alpha value is -1.85. The van der Waals surface area contributed by atoms with Crippen molar-refractivity contribution in [3.63, 3.8) is 0 Å². The molecule has 1 atom stereocenters. The van der Waals surface area contributed by atoms with Gasteiger partial charge < -0.3 is 19.3 Å². The fraction of sp³-hybridized carbons (Fsp3) is 0.500. The van der Waals surface area contributed by atoms with Gasteiger partial charge in [0, 0.05) is 48.9 Å². The summed E-state index contributed by atoms with van der Waals surface area (Å²) in [5.74, 6) is 0.00476. The molecule has 1 saturated heterocycles. The second-order valence-corrected chi connectivity index (χ2v) is 6.28. The van der Waals surface area contributed by atoms with E-state index >= 15 is 0 Å². The Bertz CT molecular complexity index is 735. The van der Waals surface area contributed by atoms with E-state index in [9.17, 15) is 9.90 Å². The van der Waals surface area contributed by atoms with Crippen molar-refractivity contribution >= 4 is 16.8 Å². The van der Waals surface area contributed by atoms with E-state index in [1.54, 1.807) is 12.0 Å². The quantitative estimate of drug-likeness (QED) is 0.940. The number of benzene rings is 1. The van der Waals surface area contributed by atoms with Crippen molar-refractivity contribution in [1.82, 2.24) is 9.47 Å². The third-order valence-electron chi connectivity index (χ3n) is 4.86. The van der Waals surface area contributed by atoms with Gasteiger partial charge in [0.1, 0.15) is 0 Å². The number of ether oxygens (including phenoxy) is 1. The molecule has 2 aromatic rings. The number of nitrogens with zero attached hydrogens (tertiary/aromatic N) is 2. The van der Waals surface area contributed by atoms with E-state index in [-0.39, 0.29) is 12.0 Å². The van der Waals surface area contributed by atoms with Crippen LogP contribution in [0.1, 0.15) is 28.0 Å². The van der Waals surface area contributed by atoms with Gasteiger partial charge in [0.2, 0.25) is 0 Å². The van der Waals surface area contributed by atoms with E-state index in [2.05, 4.69) is 18.4 Å². The first kappa shape index (κ1) is 16.0. The van der Waals surface area contributed by atoms with Crippen molar-refractivity contribution in [1.29, 1.82) is 0 Å². The molecule has 0 bridgehead atoms. The van der Waals surface area contributed by atoms with Gasteiger partial charge in [-0.3, -0.25) is 4.79 Å². The number of β-amino-alcohol motifs (C(OH)–C–C–N with tert-alkyl or cyclic N) is 1. The molecule has 3 rings (SSSR count). The zero-order valence-corrected chi connectivity index (χ0v) is 14.0. The van der Waals surface area contributed by atoms with Crippen LogP contribution in [0, 0.1) is 13.8 Å². The van der Waals surface area contributed by atoms with Gasteiger partial charge in [-0.05, 0) is 44.0 Å². The van der Waals surface area contributed by atoms with Crippen LogP contribution < -0.4 is 0 Å². The zero-order valence-electron chi connectivity index (χ0n) is 14.0. The van der Waals surface area contributed by atoms with Crippen molar-refractivity contribution < 1.29 is 14.6 Å². The van der Waals surface area contributed by atoms with Crippen molar-refractivity contribution in [2.75, 3.05) is 26.8 Å². The molecule has 5 nitrogen and oxygen atoms in total. The number of aliphatic hydroxyl groups excluding tert-OH is 1. The number of carbonyl (C=O) groups excluding carboxylic acids is 1. The third kappa shape index (κ3) is 2.86. The van der Waals surface area contributed by atoms with Crippen molar-refractivity contribution in [2.24, 2.45) is 0 Å². The first-order valence-electron chi connectivity index (χ1n) is 8.08. The van der Waals surface area contributed by atoms with Gasteiger partial charge in [0.25, 0.3) is 5.91 Å². The molecular formula is C18H24N2O3. The topological polar surface area (TPSA) is 54.7 Å². The molecule has 5 heteroatoms. The molecule has 1 aromatic carbocycles. The van der Waals surface area contributed by atoms with E-state index in [0.717, 1.165) is 17.4 Å². The molecule has 23 heavy (non-hydrogen) atoms. The molecule has 1 fully saturated rings. The lowest BCUT2D eigenvalue weighted by molar-refractivity contribution is 0.0765. The number of hydrogen-bond acceptors (Lipinski definition) is 3. The number of carbonyl (C=O) groups is 1. The number of aryl methyl sites for hydroxylation is 1. The second-order valence-electron chi connectivity index (χ2n) is 6.28. The number of likely N-dealkylation sites (tertiary alicyclic amines) is 1. The Morgan fingerprint density at radius 1 is 1.39 bits per heavy atom. The van der Waals surface area contributed by atoms with E-state index in [0.29, 0.717) is 31.7 Å². The summed E-state index contributed by atoms with van der Waals surface area (Å²) in [6.07, 6.45) is 0.279. The van der Waals surface area contributed by atoms with Crippen molar-refractivity contribution in [3.8, 4) is 0 Å². The largest absolute Gasteiger partial charge is 0.391 e. The Labute approximate surface area is 136 Å². The van der Waals surface area contributed by atoms with Gasteiger partial charge >= 0.3 is 0 Å². The number of hydrogen-bond donors (Lipinski definition) is 1. The Balaban J connectivity index is 1.96. The predicted molar refractivity (Wildman–Crippen MR) is 89.8 cm³/mol. The molecule has 1 aromatic heterocycles. The minimum atomic E-state index is -0.387. The fourth-order valence-corrected chi connectivity index (χ4v) is 3.36. The van der Waals surface area contributed by atoms with Crippen LogP contribution in [0.2, 0.25) is 0 Å². The summed E-state index contributed by atoms with van der Waals surface area (Å²) in [5.41, 5.74) is 4.24. The maximum absolute atomic E-state index is 12.6. The minimum Gasteiger partial charge on any atom is -0.391 e. The predicted octanol–water partition coefficient (Wildman–Crippen LogP) is 2.11. The number of methoxy groups -OCH3 is 1. The molecule has 0 unspecified atom stereocenters. The third-order valence-corrected chi connectivity index (χ3v) is 4.86. The van der Waals surface area contributed by atoms with Crippen molar-refractivity contribution in [3.05, 3.63) is 35.0 Å². The summed E-state index contributed by atoms with van der Waals surface area (Å²) in [4.78, 5) is 14.3. The fourth-order valence-electron chi connectivity index (χ4n) is 3.36. The highest BCUT2D eigenvalue weighted by molar-refractivity contribution is 5.99. The number of aromatic nitrogens is 1. The van der Waals surface area contributed by atoms with Gasteiger partial charge in [0.15, 0.2) is 0 Å². The Morgan fingerprint density at radius 3 is 2.83 bits per heavy atom. The number of amides is 1. The van der Waals surface area contributed by atoms with Crippen LogP contribution in [0.15, 0.2) is 18.2 Å². The summed E-state index contributed by atoms with van der Waals surface area (Å²) in [6.45, 7) is 6.72. The number of fused-ring (bicyclic) bond motifs is 1. The molecule has 0 aliphatic carbocycles. The maximum atomic E-state index is 12.6. The summed E-state index contributed by atoms with van der Waals surface area (Å²) in [7, 11) is 1.70. The van der Waals surface area contributed by atoms with Crippen LogP contribution in [-0.4, -0.2) is 53.4 Å². The Morgan fingerprint density at radius 2 is 2.17 bits per heavy atom. The van der Waals surface area contributed by atoms with Crippen molar-refractivity contribution in [2.45, 2.75) is 32.9 Å². The van der Waals surface area contributed by atoms with Crippen LogP contribution in [0.5, 0.6) is 0 Å². The van der Waals surface area contributed by atoms with Crippen LogP contribution in [0.4, 0.5) is 0 Å². The standard InChI is InChI=1S/C18H24N2O3/c1-12-13(2)20(8-9-23-3)17-5-4-14(10-16(12)17)18(22)19-7-6-15(21)11-19/h4-5,10,15,21H,6-9,11H2,1-3H3/t15-/m0/s1. The lowest BCUT2D eigenvalue weighted by Gasteiger charge is -2.15. The highest BCUT2D eigenvalue weighted by Gasteiger charge is 2.25. The molecule has 0 spiro atoms. The monoisotopic (exact) mass is 316 g/mol. The molecular weight excluding hydrogens is 292 g/mol. The molecule has 1 aliphatic heterocycles. The molecule has 0 saturated carbocycles. The lowest BCUT2D eigenvalue weighted by Crippen LogP contribution is -2.29. The average Bonchev–Trinajstić information content (AvgIpc) is 3.08. The summed E-state index contributed by atoms with van der Waals surface area (Å²) in [6, 6.07) is 5.89. The second kappa shape index (κ2) is 6.34. The molecule has 1 aliphatic rings. The van der Waals surface area contributed by atoms with Gasteiger partial charge in [-0.15, -0.1) is 0 Å². The van der Waals surface area contributed by atoms with Gasteiger partial charge in [-0.2, -0.15) is 0 Å². The molecule has 1 amide bonds. The summed E-state index contributed by atoms with van der Waals surface area (Å²) < 4.78 is 7.43. The first-order valence-corrected chi connectivity index (χ1v) is 8.08. The average molecular weight is 316 g/mol. The molecule has 2 heterocycles. The summed E-state index contributed by atoms with van der Waals surface area (Å²) in [5, 5.41) is 10.7. The first-order chi connectivity index (χ1) is 11.0. The molecule has 0 radical (unpaired) electrons. The van der Waals surface area contributed by atoms with E-state index < -0.39 is 0 Å². The van der Waals surface area contributed by atoms with E-state index in [1.165, 1.54) is 11.3 Å². The molecule has 1 N–H and O–H groups in total. The lowest BCUT2D eigenvalue weighted by atomic mass is 10.1. The molecule has 124 valence electrons. The Kier molecular flexibility index (Phi) is 4.41. The zero-order chi connectivity index (χ0) is 16.6.